The van der Waals surface area contributed by atoms with Crippen LogP contribution < -0.4 is 5.32 Å². The Balaban J connectivity index is 1.45. The van der Waals surface area contributed by atoms with Crippen LogP contribution in [-0.2, 0) is 14.8 Å². The van der Waals surface area contributed by atoms with E-state index in [0.717, 1.165) is 24.2 Å². The normalized spacial score (nSPS) is 17.0. The maximum absolute atomic E-state index is 13.3. The number of carbonyl (C=O) groups excluding carboxylic acids is 1. The largest absolute Gasteiger partial charge is 0.377 e. The highest BCUT2D eigenvalue weighted by atomic mass is 32.2. The molecule has 1 atom stereocenters. The van der Waals surface area contributed by atoms with E-state index in [1.807, 2.05) is 0 Å². The first-order valence-electron chi connectivity index (χ1n) is 9.38. The second-order valence-electron chi connectivity index (χ2n) is 7.03. The Labute approximate surface area is 177 Å². The molecule has 0 aliphatic carbocycles. The molecule has 1 saturated heterocycles. The minimum atomic E-state index is -3.67. The number of aromatic nitrogens is 1. The molecule has 1 aromatic heterocycles. The van der Waals surface area contributed by atoms with E-state index in [2.05, 4.69) is 10.3 Å². The van der Waals surface area contributed by atoms with E-state index in [9.17, 15) is 17.6 Å². The SMILES string of the molecule is CN(C[C@@H]1CCCO1)S(=O)(=O)c1ccc(C(=O)Nc2nc3ccc(F)cc3s2)cc1. The molecule has 0 bridgehead atoms. The van der Waals surface area contributed by atoms with Crippen molar-refractivity contribution in [3.05, 3.63) is 53.8 Å². The lowest BCUT2D eigenvalue weighted by Crippen LogP contribution is -2.34. The number of amides is 1. The fourth-order valence-corrected chi connectivity index (χ4v) is 5.34. The first kappa shape index (κ1) is 20.9. The van der Waals surface area contributed by atoms with Gasteiger partial charge in [-0.2, -0.15) is 4.31 Å². The van der Waals surface area contributed by atoms with Crippen molar-refractivity contribution in [3.8, 4) is 0 Å². The zero-order valence-electron chi connectivity index (χ0n) is 16.2. The molecule has 30 heavy (non-hydrogen) atoms. The van der Waals surface area contributed by atoms with Gasteiger partial charge in [-0.25, -0.2) is 17.8 Å². The number of ether oxygens (including phenoxy) is 1. The van der Waals surface area contributed by atoms with Crippen LogP contribution in [0.4, 0.5) is 9.52 Å². The van der Waals surface area contributed by atoms with Crippen molar-refractivity contribution >= 4 is 42.6 Å². The van der Waals surface area contributed by atoms with Crippen molar-refractivity contribution in [2.45, 2.75) is 23.8 Å². The molecule has 1 aliphatic rings. The number of carbonyl (C=O) groups is 1. The zero-order chi connectivity index (χ0) is 21.3. The first-order chi connectivity index (χ1) is 14.3. The van der Waals surface area contributed by atoms with Gasteiger partial charge in [-0.3, -0.25) is 10.1 Å². The van der Waals surface area contributed by atoms with Crippen LogP contribution in [0.25, 0.3) is 10.2 Å². The molecule has 4 rings (SSSR count). The third-order valence-electron chi connectivity index (χ3n) is 4.88. The number of benzene rings is 2. The molecule has 1 N–H and O–H groups in total. The fraction of sp³-hybridized carbons (Fsp3) is 0.300. The van der Waals surface area contributed by atoms with Crippen LogP contribution in [0.3, 0.4) is 0 Å². The summed E-state index contributed by atoms with van der Waals surface area (Å²) in [6.45, 7) is 0.953. The van der Waals surface area contributed by atoms with Gasteiger partial charge >= 0.3 is 0 Å². The van der Waals surface area contributed by atoms with Gasteiger partial charge in [-0.05, 0) is 55.3 Å². The van der Waals surface area contributed by atoms with Crippen LogP contribution in [0.2, 0.25) is 0 Å². The van der Waals surface area contributed by atoms with Crippen molar-refractivity contribution in [2.75, 3.05) is 25.5 Å². The summed E-state index contributed by atoms with van der Waals surface area (Å²) in [4.78, 5) is 16.8. The van der Waals surface area contributed by atoms with Crippen LogP contribution in [0.1, 0.15) is 23.2 Å². The topological polar surface area (TPSA) is 88.6 Å². The lowest BCUT2D eigenvalue weighted by Gasteiger charge is -2.20. The molecule has 2 aromatic carbocycles. The molecular formula is C20H20FN3O4S2. The number of nitrogens with one attached hydrogen (secondary N) is 1. The molecule has 0 unspecified atom stereocenters. The Bertz CT molecular complexity index is 1170. The predicted octanol–water partition coefficient (Wildman–Crippen LogP) is 3.49. The van der Waals surface area contributed by atoms with Gasteiger partial charge in [0.25, 0.3) is 5.91 Å². The fourth-order valence-electron chi connectivity index (χ4n) is 3.25. The summed E-state index contributed by atoms with van der Waals surface area (Å²) in [5.74, 6) is -0.795. The average molecular weight is 450 g/mol. The summed E-state index contributed by atoms with van der Waals surface area (Å²) in [6, 6.07) is 9.93. The highest BCUT2D eigenvalue weighted by Crippen LogP contribution is 2.27. The number of likely N-dealkylation sites (N-methyl/N-ethyl adjacent to an activating group) is 1. The van der Waals surface area contributed by atoms with E-state index in [0.29, 0.717) is 34.1 Å². The number of rotatable bonds is 6. The van der Waals surface area contributed by atoms with Crippen molar-refractivity contribution in [1.82, 2.24) is 9.29 Å². The summed E-state index contributed by atoms with van der Waals surface area (Å²) < 4.78 is 46.2. The maximum atomic E-state index is 13.3. The molecule has 7 nitrogen and oxygen atoms in total. The van der Waals surface area contributed by atoms with Crippen LogP contribution in [0.15, 0.2) is 47.4 Å². The van der Waals surface area contributed by atoms with Gasteiger partial charge in [0.1, 0.15) is 5.82 Å². The molecule has 1 amide bonds. The number of nitrogens with zero attached hydrogens (tertiary/aromatic N) is 2. The molecule has 1 fully saturated rings. The number of thiazole rings is 1. The minimum absolute atomic E-state index is 0.0860. The van der Waals surface area contributed by atoms with E-state index in [-0.39, 0.29) is 16.8 Å². The standard InChI is InChI=1S/C20H20FN3O4S2/c1-24(12-15-3-2-10-28-15)30(26,27)16-7-4-13(5-8-16)19(25)23-20-22-17-9-6-14(21)11-18(17)29-20/h4-9,11,15H,2-3,10,12H2,1H3,(H,22,23,25)/t15-/m0/s1. The molecule has 0 spiro atoms. The van der Waals surface area contributed by atoms with Crippen LogP contribution in [-0.4, -0.2) is 49.9 Å². The first-order valence-corrected chi connectivity index (χ1v) is 11.6. The minimum Gasteiger partial charge on any atom is -0.377 e. The van der Waals surface area contributed by atoms with E-state index >= 15 is 0 Å². The van der Waals surface area contributed by atoms with Crippen molar-refractivity contribution in [1.29, 1.82) is 0 Å². The van der Waals surface area contributed by atoms with Gasteiger partial charge in [0.05, 0.1) is 21.2 Å². The van der Waals surface area contributed by atoms with Gasteiger partial charge < -0.3 is 4.74 Å². The molecule has 3 aromatic rings. The summed E-state index contributed by atoms with van der Waals surface area (Å²) in [7, 11) is -2.15. The van der Waals surface area contributed by atoms with Crippen molar-refractivity contribution in [2.24, 2.45) is 0 Å². The lowest BCUT2D eigenvalue weighted by molar-refractivity contribution is 0.0979. The second kappa shape index (κ2) is 8.38. The molecule has 2 heterocycles. The summed E-state index contributed by atoms with van der Waals surface area (Å²) >= 11 is 1.16. The Morgan fingerprint density at radius 2 is 2.07 bits per heavy atom. The Morgan fingerprint density at radius 1 is 1.30 bits per heavy atom. The predicted molar refractivity (Wildman–Crippen MR) is 113 cm³/mol. The Morgan fingerprint density at radius 3 is 2.77 bits per heavy atom. The number of hydrogen-bond acceptors (Lipinski definition) is 6. The highest BCUT2D eigenvalue weighted by molar-refractivity contribution is 7.89. The molecule has 158 valence electrons. The quantitative estimate of drug-likeness (QED) is 0.622. The van der Waals surface area contributed by atoms with E-state index in [4.69, 9.17) is 4.74 Å². The monoisotopic (exact) mass is 449 g/mol. The van der Waals surface area contributed by atoms with E-state index < -0.39 is 15.9 Å². The number of halogens is 1. The van der Waals surface area contributed by atoms with Crippen LogP contribution >= 0.6 is 11.3 Å². The van der Waals surface area contributed by atoms with Gasteiger partial charge in [-0.15, -0.1) is 0 Å². The maximum Gasteiger partial charge on any atom is 0.257 e. The average Bonchev–Trinajstić information content (AvgIpc) is 3.37. The molecule has 0 radical (unpaired) electrons. The highest BCUT2D eigenvalue weighted by Gasteiger charge is 2.26. The summed E-state index contributed by atoms with van der Waals surface area (Å²) in [5.41, 5.74) is 0.883. The Kier molecular flexibility index (Phi) is 5.83. The van der Waals surface area contributed by atoms with Crippen molar-refractivity contribution < 1.29 is 22.3 Å². The molecule has 10 heteroatoms. The second-order valence-corrected chi connectivity index (χ2v) is 10.1. The van der Waals surface area contributed by atoms with E-state index in [1.165, 1.54) is 47.8 Å². The van der Waals surface area contributed by atoms with Gasteiger partial charge in [0.15, 0.2) is 5.13 Å². The number of hydrogen-bond donors (Lipinski definition) is 1. The number of sulfonamides is 1. The van der Waals surface area contributed by atoms with Crippen LogP contribution in [0, 0.1) is 5.82 Å². The van der Waals surface area contributed by atoms with Gasteiger partial charge in [0, 0.05) is 25.8 Å². The smallest absolute Gasteiger partial charge is 0.257 e. The molecule has 0 saturated carbocycles. The third kappa shape index (κ3) is 4.36. The number of anilines is 1. The zero-order valence-corrected chi connectivity index (χ0v) is 17.8. The van der Waals surface area contributed by atoms with Gasteiger partial charge in [-0.1, -0.05) is 11.3 Å². The summed E-state index contributed by atoms with van der Waals surface area (Å²) in [6.07, 6.45) is 1.70. The molecule has 1 aliphatic heterocycles. The third-order valence-corrected chi connectivity index (χ3v) is 7.65. The molecular weight excluding hydrogens is 429 g/mol. The Hall–Kier alpha value is -2.40. The van der Waals surface area contributed by atoms with Crippen LogP contribution in [0.5, 0.6) is 0 Å². The lowest BCUT2D eigenvalue weighted by atomic mass is 10.2. The van der Waals surface area contributed by atoms with Crippen molar-refractivity contribution in [3.63, 3.8) is 0 Å². The van der Waals surface area contributed by atoms with Gasteiger partial charge in [0.2, 0.25) is 10.0 Å². The number of fused-ring (bicyclic) bond motifs is 1. The summed E-state index contributed by atoms with van der Waals surface area (Å²) in [5, 5.41) is 3.01. The van der Waals surface area contributed by atoms with E-state index in [1.54, 1.807) is 6.07 Å².